The average Bonchev–Trinajstić information content (AvgIpc) is 2.70. The summed E-state index contributed by atoms with van der Waals surface area (Å²) in [6.45, 7) is 0.0578. The number of aromatic amines is 1. The SMILES string of the molecule is O=C(CCn1[nH]c(=O)c2ccccc2c1=O)NC1CCSc2ccc(F)cc21. The van der Waals surface area contributed by atoms with Gasteiger partial charge in [-0.2, -0.15) is 0 Å². The van der Waals surface area contributed by atoms with Crippen LogP contribution in [0.15, 0.2) is 56.9 Å². The molecule has 1 atom stereocenters. The van der Waals surface area contributed by atoms with Crippen molar-refractivity contribution in [1.29, 1.82) is 0 Å². The van der Waals surface area contributed by atoms with Crippen LogP contribution in [-0.4, -0.2) is 21.4 Å². The predicted octanol–water partition coefficient (Wildman–Crippen LogP) is 2.57. The van der Waals surface area contributed by atoms with Gasteiger partial charge in [-0.1, -0.05) is 12.1 Å². The molecule has 4 rings (SSSR count). The highest BCUT2D eigenvalue weighted by Gasteiger charge is 2.23. The minimum atomic E-state index is -0.371. The lowest BCUT2D eigenvalue weighted by Crippen LogP contribution is -2.34. The maximum Gasteiger partial charge on any atom is 0.273 e. The molecule has 8 heteroatoms. The summed E-state index contributed by atoms with van der Waals surface area (Å²) in [5, 5.41) is 6.08. The van der Waals surface area contributed by atoms with Crippen LogP contribution in [0.25, 0.3) is 10.8 Å². The van der Waals surface area contributed by atoms with Gasteiger partial charge in [-0.3, -0.25) is 19.5 Å². The molecule has 1 amide bonds. The molecule has 144 valence electrons. The Labute approximate surface area is 163 Å². The van der Waals surface area contributed by atoms with E-state index in [0.717, 1.165) is 20.9 Å². The molecule has 0 fully saturated rings. The number of halogens is 1. The fourth-order valence-corrected chi connectivity index (χ4v) is 4.50. The van der Waals surface area contributed by atoms with Crippen molar-refractivity contribution in [1.82, 2.24) is 15.1 Å². The Morgan fingerprint density at radius 2 is 2.00 bits per heavy atom. The Bertz CT molecular complexity index is 1170. The molecule has 0 aliphatic carbocycles. The number of H-pyrrole nitrogens is 1. The Morgan fingerprint density at radius 3 is 2.82 bits per heavy atom. The molecule has 0 radical (unpaired) electrons. The van der Waals surface area contributed by atoms with Gasteiger partial charge < -0.3 is 5.32 Å². The molecule has 1 aliphatic rings. The number of carbonyl (C=O) groups excluding carboxylic acids is 1. The van der Waals surface area contributed by atoms with E-state index in [0.29, 0.717) is 17.2 Å². The van der Waals surface area contributed by atoms with E-state index in [1.807, 2.05) is 0 Å². The van der Waals surface area contributed by atoms with Crippen LogP contribution in [0.4, 0.5) is 4.39 Å². The van der Waals surface area contributed by atoms with Gasteiger partial charge in [-0.15, -0.1) is 11.8 Å². The molecule has 0 spiro atoms. The molecule has 2 N–H and O–H groups in total. The van der Waals surface area contributed by atoms with Gasteiger partial charge in [0, 0.05) is 17.1 Å². The number of thioether (sulfide) groups is 1. The van der Waals surface area contributed by atoms with E-state index in [1.165, 1.54) is 12.1 Å². The minimum Gasteiger partial charge on any atom is -0.349 e. The van der Waals surface area contributed by atoms with Crippen LogP contribution in [-0.2, 0) is 11.3 Å². The van der Waals surface area contributed by atoms with Gasteiger partial charge in [0.05, 0.1) is 23.4 Å². The third-order valence-corrected chi connectivity index (χ3v) is 5.92. The summed E-state index contributed by atoms with van der Waals surface area (Å²) in [5.74, 6) is 0.245. The van der Waals surface area contributed by atoms with Gasteiger partial charge in [0.1, 0.15) is 5.82 Å². The lowest BCUT2D eigenvalue weighted by atomic mass is 10.0. The number of fused-ring (bicyclic) bond motifs is 2. The van der Waals surface area contributed by atoms with Gasteiger partial charge in [0.25, 0.3) is 11.1 Å². The van der Waals surface area contributed by atoms with Gasteiger partial charge in [0.15, 0.2) is 0 Å². The van der Waals surface area contributed by atoms with Crippen molar-refractivity contribution in [3.8, 4) is 0 Å². The summed E-state index contributed by atoms with van der Waals surface area (Å²) in [6.07, 6.45) is 0.738. The van der Waals surface area contributed by atoms with Crippen LogP contribution in [0.1, 0.15) is 24.4 Å². The maximum atomic E-state index is 13.6. The van der Waals surface area contributed by atoms with E-state index in [4.69, 9.17) is 0 Å². The van der Waals surface area contributed by atoms with Crippen LogP contribution in [0.3, 0.4) is 0 Å². The van der Waals surface area contributed by atoms with Gasteiger partial charge in [-0.25, -0.2) is 9.07 Å². The van der Waals surface area contributed by atoms with E-state index in [2.05, 4.69) is 10.4 Å². The number of nitrogens with one attached hydrogen (secondary N) is 2. The van der Waals surface area contributed by atoms with Crippen LogP contribution in [0.5, 0.6) is 0 Å². The minimum absolute atomic E-state index is 0.0302. The number of aromatic nitrogens is 2. The summed E-state index contributed by atoms with van der Waals surface area (Å²) in [7, 11) is 0. The Kier molecular flexibility index (Phi) is 5.04. The lowest BCUT2D eigenvalue weighted by Gasteiger charge is -2.26. The number of carbonyl (C=O) groups is 1. The lowest BCUT2D eigenvalue weighted by molar-refractivity contribution is -0.122. The van der Waals surface area contributed by atoms with E-state index in [9.17, 15) is 18.8 Å². The smallest absolute Gasteiger partial charge is 0.273 e. The molecule has 0 bridgehead atoms. The molecule has 1 aliphatic heterocycles. The normalized spacial score (nSPS) is 16.0. The van der Waals surface area contributed by atoms with Gasteiger partial charge >= 0.3 is 0 Å². The molecule has 2 aromatic carbocycles. The maximum absolute atomic E-state index is 13.6. The Balaban J connectivity index is 1.49. The second kappa shape index (κ2) is 7.63. The number of hydrogen-bond acceptors (Lipinski definition) is 4. The van der Waals surface area contributed by atoms with E-state index >= 15 is 0 Å². The third-order valence-electron chi connectivity index (χ3n) is 4.79. The van der Waals surface area contributed by atoms with Crippen molar-refractivity contribution in [3.05, 3.63) is 74.6 Å². The first-order valence-corrected chi connectivity index (χ1v) is 9.95. The zero-order valence-corrected chi connectivity index (χ0v) is 15.7. The van der Waals surface area contributed by atoms with Crippen molar-refractivity contribution in [3.63, 3.8) is 0 Å². The largest absolute Gasteiger partial charge is 0.349 e. The fraction of sp³-hybridized carbons (Fsp3) is 0.250. The number of benzene rings is 2. The summed E-state index contributed by atoms with van der Waals surface area (Å²) in [4.78, 5) is 38.0. The summed E-state index contributed by atoms with van der Waals surface area (Å²) >= 11 is 1.64. The van der Waals surface area contributed by atoms with Crippen LogP contribution in [0, 0.1) is 5.82 Å². The van der Waals surface area contributed by atoms with Crippen LogP contribution in [0.2, 0.25) is 0 Å². The highest BCUT2D eigenvalue weighted by Crippen LogP contribution is 2.36. The topological polar surface area (TPSA) is 84.0 Å². The Morgan fingerprint density at radius 1 is 1.21 bits per heavy atom. The van der Waals surface area contributed by atoms with E-state index < -0.39 is 0 Å². The molecule has 28 heavy (non-hydrogen) atoms. The highest BCUT2D eigenvalue weighted by atomic mass is 32.2. The van der Waals surface area contributed by atoms with Crippen molar-refractivity contribution in [2.24, 2.45) is 0 Å². The van der Waals surface area contributed by atoms with E-state index in [1.54, 1.807) is 42.1 Å². The highest BCUT2D eigenvalue weighted by molar-refractivity contribution is 7.99. The Hall–Kier alpha value is -2.87. The molecule has 3 aromatic rings. The molecular formula is C20H18FN3O3S. The molecule has 0 saturated heterocycles. The van der Waals surface area contributed by atoms with Crippen molar-refractivity contribution in [2.75, 3.05) is 5.75 Å². The predicted molar refractivity (Wildman–Crippen MR) is 106 cm³/mol. The molecule has 1 unspecified atom stereocenters. The van der Waals surface area contributed by atoms with Crippen LogP contribution < -0.4 is 16.4 Å². The molecule has 1 aromatic heterocycles. The third kappa shape index (κ3) is 3.60. The summed E-state index contributed by atoms with van der Waals surface area (Å²) in [6, 6.07) is 10.9. The average molecular weight is 399 g/mol. The van der Waals surface area contributed by atoms with Crippen molar-refractivity contribution < 1.29 is 9.18 Å². The molecule has 6 nitrogen and oxygen atoms in total. The first-order valence-electron chi connectivity index (χ1n) is 8.96. The number of nitrogens with zero attached hydrogens (tertiary/aromatic N) is 1. The van der Waals surface area contributed by atoms with Crippen LogP contribution >= 0.6 is 11.8 Å². The van der Waals surface area contributed by atoms with Gasteiger partial charge in [-0.05, 0) is 42.3 Å². The number of aryl methyl sites for hydroxylation is 1. The zero-order valence-electron chi connectivity index (χ0n) is 14.9. The van der Waals surface area contributed by atoms with Crippen molar-refractivity contribution in [2.45, 2.75) is 30.3 Å². The summed E-state index contributed by atoms with van der Waals surface area (Å²) < 4.78 is 14.8. The zero-order chi connectivity index (χ0) is 19.7. The number of rotatable bonds is 4. The fourth-order valence-electron chi connectivity index (χ4n) is 3.40. The standard InChI is InChI=1S/C20H18FN3O3S/c21-12-5-6-17-15(11-12)16(8-10-28-17)22-18(25)7-9-24-20(27)14-4-2-1-3-13(14)19(26)23-24/h1-6,11,16H,7-10H2,(H,22,25)(H,23,26). The number of hydrogen-bond donors (Lipinski definition) is 2. The first-order chi connectivity index (χ1) is 13.5. The van der Waals surface area contributed by atoms with Gasteiger partial charge in [0.2, 0.25) is 5.91 Å². The molecular weight excluding hydrogens is 381 g/mol. The quantitative estimate of drug-likeness (QED) is 0.706. The van der Waals surface area contributed by atoms with E-state index in [-0.39, 0.29) is 41.9 Å². The molecule has 0 saturated carbocycles. The first kappa shape index (κ1) is 18.5. The summed E-state index contributed by atoms with van der Waals surface area (Å²) in [5.41, 5.74) is 0.0645. The number of amides is 1. The van der Waals surface area contributed by atoms with Crippen molar-refractivity contribution >= 4 is 28.4 Å². The molecule has 2 heterocycles. The second-order valence-electron chi connectivity index (χ2n) is 6.63. The monoisotopic (exact) mass is 399 g/mol. The second-order valence-corrected chi connectivity index (χ2v) is 7.77.